The van der Waals surface area contributed by atoms with Gasteiger partial charge in [-0.1, -0.05) is 30.3 Å². The molecule has 1 heterocycles. The number of aliphatic imine (C=N–C) groups is 1. The highest BCUT2D eigenvalue weighted by Crippen LogP contribution is 2.34. The number of methoxy groups -OCH3 is 2. The van der Waals surface area contributed by atoms with Gasteiger partial charge in [0.2, 0.25) is 0 Å². The van der Waals surface area contributed by atoms with E-state index in [1.807, 2.05) is 24.3 Å². The molecule has 1 fully saturated rings. The Morgan fingerprint density at radius 1 is 1.17 bits per heavy atom. The monoisotopic (exact) mass is 411 g/mol. The van der Waals surface area contributed by atoms with Crippen molar-refractivity contribution in [2.75, 3.05) is 33.9 Å². The number of hydrogen-bond acceptors (Lipinski definition) is 4. The smallest absolute Gasteiger partial charge is 0.191 e. The van der Waals surface area contributed by atoms with Crippen LogP contribution >= 0.6 is 0 Å². The average molecular weight is 412 g/mol. The molecule has 0 aromatic heterocycles. The van der Waals surface area contributed by atoms with Crippen molar-refractivity contribution in [1.82, 2.24) is 10.6 Å². The van der Waals surface area contributed by atoms with E-state index in [1.165, 1.54) is 5.56 Å². The maximum absolute atomic E-state index is 6.01. The second-order valence-corrected chi connectivity index (χ2v) is 7.44. The Kier molecular flexibility index (Phi) is 7.97. The molecule has 2 aromatic carbocycles. The van der Waals surface area contributed by atoms with Crippen LogP contribution in [-0.4, -0.2) is 39.9 Å². The van der Waals surface area contributed by atoms with Crippen LogP contribution in [0.1, 0.15) is 43.5 Å². The Balaban J connectivity index is 1.72. The molecule has 162 valence electrons. The minimum Gasteiger partial charge on any atom is -0.497 e. The lowest BCUT2D eigenvalue weighted by Gasteiger charge is -2.22. The van der Waals surface area contributed by atoms with Crippen molar-refractivity contribution in [2.24, 2.45) is 10.9 Å². The molecule has 0 spiro atoms. The fourth-order valence-electron chi connectivity index (χ4n) is 3.82. The summed E-state index contributed by atoms with van der Waals surface area (Å²) in [5.41, 5.74) is 2.25. The van der Waals surface area contributed by atoms with Gasteiger partial charge in [-0.2, -0.15) is 0 Å². The van der Waals surface area contributed by atoms with Crippen LogP contribution in [0.15, 0.2) is 53.5 Å². The predicted octanol–water partition coefficient (Wildman–Crippen LogP) is 4.10. The molecule has 3 unspecified atom stereocenters. The first-order valence-electron chi connectivity index (χ1n) is 10.6. The van der Waals surface area contributed by atoms with Crippen LogP contribution in [0.4, 0.5) is 0 Å². The second-order valence-electron chi connectivity index (χ2n) is 7.44. The van der Waals surface area contributed by atoms with E-state index in [0.717, 1.165) is 42.6 Å². The summed E-state index contributed by atoms with van der Waals surface area (Å²) in [5.74, 6) is 2.77. The summed E-state index contributed by atoms with van der Waals surface area (Å²) in [7, 11) is 3.35. The SMILES string of the molecule is CCNC(=NCC1CCOC1c1ccccc1)NC(C)c1cc(OC)ccc1OC. The highest BCUT2D eigenvalue weighted by Gasteiger charge is 2.29. The van der Waals surface area contributed by atoms with Gasteiger partial charge < -0.3 is 24.8 Å². The third kappa shape index (κ3) is 5.45. The van der Waals surface area contributed by atoms with Crippen LogP contribution in [0.2, 0.25) is 0 Å². The summed E-state index contributed by atoms with van der Waals surface area (Å²) in [6, 6.07) is 16.2. The Bertz CT molecular complexity index is 826. The molecule has 0 saturated carbocycles. The summed E-state index contributed by atoms with van der Waals surface area (Å²) in [4.78, 5) is 4.88. The Morgan fingerprint density at radius 2 is 1.97 bits per heavy atom. The number of rotatable bonds is 8. The van der Waals surface area contributed by atoms with Gasteiger partial charge >= 0.3 is 0 Å². The number of guanidine groups is 1. The van der Waals surface area contributed by atoms with Crippen LogP contribution in [-0.2, 0) is 4.74 Å². The molecule has 6 nitrogen and oxygen atoms in total. The molecular weight excluding hydrogens is 378 g/mol. The van der Waals surface area contributed by atoms with Gasteiger partial charge in [-0.25, -0.2) is 0 Å². The molecule has 2 aromatic rings. The van der Waals surface area contributed by atoms with Crippen molar-refractivity contribution in [1.29, 1.82) is 0 Å². The lowest BCUT2D eigenvalue weighted by Crippen LogP contribution is -2.39. The van der Waals surface area contributed by atoms with Gasteiger partial charge in [0, 0.05) is 31.2 Å². The molecule has 1 aliphatic heterocycles. The molecule has 6 heteroatoms. The van der Waals surface area contributed by atoms with Crippen LogP contribution in [0.5, 0.6) is 11.5 Å². The molecule has 0 amide bonds. The zero-order valence-corrected chi connectivity index (χ0v) is 18.4. The summed E-state index contributed by atoms with van der Waals surface area (Å²) in [5, 5.41) is 6.86. The van der Waals surface area contributed by atoms with Gasteiger partial charge in [0.1, 0.15) is 11.5 Å². The minimum absolute atomic E-state index is 0.00222. The molecule has 0 bridgehead atoms. The zero-order valence-electron chi connectivity index (χ0n) is 18.4. The van der Waals surface area contributed by atoms with Crippen LogP contribution in [0, 0.1) is 5.92 Å². The first kappa shape index (κ1) is 22.0. The zero-order chi connectivity index (χ0) is 21.3. The van der Waals surface area contributed by atoms with Crippen molar-refractivity contribution in [2.45, 2.75) is 32.4 Å². The van der Waals surface area contributed by atoms with Gasteiger partial charge in [-0.05, 0) is 44.0 Å². The highest BCUT2D eigenvalue weighted by atomic mass is 16.5. The van der Waals surface area contributed by atoms with Gasteiger partial charge in [0.05, 0.1) is 26.4 Å². The molecule has 30 heavy (non-hydrogen) atoms. The van der Waals surface area contributed by atoms with Crippen molar-refractivity contribution in [3.8, 4) is 11.5 Å². The van der Waals surface area contributed by atoms with E-state index < -0.39 is 0 Å². The maximum atomic E-state index is 6.01. The van der Waals surface area contributed by atoms with Crippen molar-refractivity contribution in [3.63, 3.8) is 0 Å². The number of benzene rings is 2. The van der Waals surface area contributed by atoms with Gasteiger partial charge in [0.25, 0.3) is 0 Å². The average Bonchev–Trinajstić information content (AvgIpc) is 3.26. The lowest BCUT2D eigenvalue weighted by molar-refractivity contribution is 0.0925. The third-order valence-corrected chi connectivity index (χ3v) is 5.43. The van der Waals surface area contributed by atoms with Gasteiger partial charge in [0.15, 0.2) is 5.96 Å². The molecular formula is C24H33N3O3. The Hall–Kier alpha value is -2.73. The second kappa shape index (κ2) is 10.9. The minimum atomic E-state index is -0.00222. The van der Waals surface area contributed by atoms with E-state index in [1.54, 1.807) is 14.2 Å². The van der Waals surface area contributed by atoms with E-state index in [4.69, 9.17) is 19.2 Å². The maximum Gasteiger partial charge on any atom is 0.191 e. The lowest BCUT2D eigenvalue weighted by atomic mass is 9.95. The van der Waals surface area contributed by atoms with Crippen LogP contribution < -0.4 is 20.1 Å². The van der Waals surface area contributed by atoms with Crippen molar-refractivity contribution < 1.29 is 14.2 Å². The summed E-state index contributed by atoms with van der Waals surface area (Å²) < 4.78 is 16.9. The van der Waals surface area contributed by atoms with Crippen LogP contribution in [0.25, 0.3) is 0 Å². The number of nitrogens with zero attached hydrogens (tertiary/aromatic N) is 1. The van der Waals surface area contributed by atoms with Gasteiger partial charge in [-0.3, -0.25) is 4.99 Å². The summed E-state index contributed by atoms with van der Waals surface area (Å²) in [6.07, 6.45) is 1.12. The van der Waals surface area contributed by atoms with E-state index in [-0.39, 0.29) is 12.1 Å². The first-order chi connectivity index (χ1) is 14.7. The van der Waals surface area contributed by atoms with E-state index >= 15 is 0 Å². The Labute approximate surface area is 179 Å². The number of hydrogen-bond donors (Lipinski definition) is 2. The largest absolute Gasteiger partial charge is 0.497 e. The fourth-order valence-corrected chi connectivity index (χ4v) is 3.82. The van der Waals surface area contributed by atoms with E-state index in [0.29, 0.717) is 12.5 Å². The standard InChI is InChI=1S/C24H33N3O3/c1-5-25-24(27-17(2)21-15-20(28-3)11-12-22(21)29-4)26-16-19-13-14-30-23(19)18-9-7-6-8-10-18/h6-12,15,17,19,23H,5,13-14,16H2,1-4H3,(H2,25,26,27). The Morgan fingerprint density at radius 3 is 2.67 bits per heavy atom. The molecule has 3 rings (SSSR count). The molecule has 0 aliphatic carbocycles. The van der Waals surface area contributed by atoms with Crippen molar-refractivity contribution >= 4 is 5.96 Å². The van der Waals surface area contributed by atoms with Gasteiger partial charge in [-0.15, -0.1) is 0 Å². The van der Waals surface area contributed by atoms with E-state index in [2.05, 4.69) is 48.7 Å². The fraction of sp³-hybridized carbons (Fsp3) is 0.458. The van der Waals surface area contributed by atoms with Crippen LogP contribution in [0.3, 0.4) is 0 Å². The summed E-state index contributed by atoms with van der Waals surface area (Å²) in [6.45, 7) is 6.43. The molecule has 1 aliphatic rings. The highest BCUT2D eigenvalue weighted by molar-refractivity contribution is 5.80. The number of nitrogens with one attached hydrogen (secondary N) is 2. The number of ether oxygens (including phenoxy) is 3. The van der Waals surface area contributed by atoms with E-state index in [9.17, 15) is 0 Å². The quantitative estimate of drug-likeness (QED) is 0.506. The molecule has 3 atom stereocenters. The third-order valence-electron chi connectivity index (χ3n) is 5.43. The predicted molar refractivity (Wildman–Crippen MR) is 120 cm³/mol. The molecule has 2 N–H and O–H groups in total. The normalized spacial score (nSPS) is 19.9. The summed E-state index contributed by atoms with van der Waals surface area (Å²) >= 11 is 0. The molecule has 0 radical (unpaired) electrons. The molecule has 1 saturated heterocycles. The first-order valence-corrected chi connectivity index (χ1v) is 10.6. The van der Waals surface area contributed by atoms with Crippen molar-refractivity contribution in [3.05, 3.63) is 59.7 Å². The topological polar surface area (TPSA) is 64.1 Å².